The molecule has 1 fully saturated rings. The van der Waals surface area contributed by atoms with Crippen LogP contribution in [0.5, 0.6) is 0 Å². The molecular weight excluding hydrogens is 288 g/mol. The quantitative estimate of drug-likeness (QED) is 0.873. The van der Waals surface area contributed by atoms with Gasteiger partial charge in [-0.15, -0.1) is 0 Å². The summed E-state index contributed by atoms with van der Waals surface area (Å²) < 4.78 is 1.94. The van der Waals surface area contributed by atoms with Gasteiger partial charge in [0.05, 0.1) is 10.7 Å². The molecule has 21 heavy (non-hydrogen) atoms. The minimum atomic E-state index is -0.0657. The van der Waals surface area contributed by atoms with Crippen LogP contribution in [0.25, 0.3) is 5.65 Å². The molecule has 0 N–H and O–H groups in total. The summed E-state index contributed by atoms with van der Waals surface area (Å²) in [6.45, 7) is 2.88. The Hall–Kier alpha value is -1.59. The molecule has 0 bridgehead atoms. The van der Waals surface area contributed by atoms with Crippen LogP contribution in [0.2, 0.25) is 5.02 Å². The summed E-state index contributed by atoms with van der Waals surface area (Å²) in [5.41, 5.74) is 2.21. The van der Waals surface area contributed by atoms with Gasteiger partial charge in [-0.1, -0.05) is 11.6 Å². The molecule has 6 heteroatoms. The topological polar surface area (TPSA) is 40.9 Å². The number of aromatic nitrogens is 2. The van der Waals surface area contributed by atoms with E-state index in [0.717, 1.165) is 31.0 Å². The van der Waals surface area contributed by atoms with Crippen molar-refractivity contribution >= 4 is 23.2 Å². The number of hydrogen-bond acceptors (Lipinski definition) is 3. The molecule has 0 spiro atoms. The molecule has 2 aromatic heterocycles. The number of likely N-dealkylation sites (tertiary alicyclic amines) is 1. The molecule has 1 aliphatic heterocycles. The van der Waals surface area contributed by atoms with Gasteiger partial charge in [0.25, 0.3) is 5.91 Å². The van der Waals surface area contributed by atoms with Crippen LogP contribution in [0, 0.1) is 0 Å². The smallest absolute Gasteiger partial charge is 0.273 e. The van der Waals surface area contributed by atoms with E-state index in [1.165, 1.54) is 12.8 Å². The van der Waals surface area contributed by atoms with Crippen LogP contribution in [-0.2, 0) is 6.54 Å². The average Bonchev–Trinajstić information content (AvgIpc) is 3.07. The molecule has 1 saturated heterocycles. The molecule has 1 aliphatic rings. The lowest BCUT2D eigenvalue weighted by molar-refractivity contribution is 0.0820. The van der Waals surface area contributed by atoms with E-state index < -0.39 is 0 Å². The molecule has 3 rings (SSSR count). The van der Waals surface area contributed by atoms with Crippen molar-refractivity contribution in [3.63, 3.8) is 0 Å². The predicted octanol–water partition coefficient (Wildman–Crippen LogP) is 2.29. The summed E-state index contributed by atoms with van der Waals surface area (Å²) in [5, 5.41) is 0.645. The molecule has 0 aromatic carbocycles. The van der Waals surface area contributed by atoms with Gasteiger partial charge in [0.1, 0.15) is 5.65 Å². The van der Waals surface area contributed by atoms with Crippen molar-refractivity contribution in [1.29, 1.82) is 0 Å². The van der Waals surface area contributed by atoms with Gasteiger partial charge in [-0.25, -0.2) is 4.98 Å². The van der Waals surface area contributed by atoms with Crippen molar-refractivity contribution in [3.05, 3.63) is 34.7 Å². The van der Waals surface area contributed by atoms with Crippen LogP contribution >= 0.6 is 11.6 Å². The van der Waals surface area contributed by atoms with Crippen LogP contribution in [0.1, 0.15) is 29.0 Å². The molecule has 2 aromatic rings. The molecule has 3 heterocycles. The van der Waals surface area contributed by atoms with E-state index in [2.05, 4.69) is 9.88 Å². The fourth-order valence-corrected chi connectivity index (χ4v) is 2.91. The second-order valence-electron chi connectivity index (χ2n) is 5.67. The first-order chi connectivity index (χ1) is 10.1. The van der Waals surface area contributed by atoms with E-state index >= 15 is 0 Å². The van der Waals surface area contributed by atoms with Crippen molar-refractivity contribution in [2.45, 2.75) is 19.4 Å². The number of hydrogen-bond donors (Lipinski definition) is 0. The van der Waals surface area contributed by atoms with E-state index in [1.54, 1.807) is 25.1 Å². The van der Waals surface area contributed by atoms with Gasteiger partial charge in [0.15, 0.2) is 5.69 Å². The molecule has 0 aliphatic carbocycles. The van der Waals surface area contributed by atoms with E-state index in [-0.39, 0.29) is 5.91 Å². The van der Waals surface area contributed by atoms with Crippen LogP contribution in [-0.4, -0.2) is 52.3 Å². The summed E-state index contributed by atoms with van der Waals surface area (Å²) >= 11 is 6.10. The van der Waals surface area contributed by atoms with Crippen LogP contribution < -0.4 is 0 Å². The van der Waals surface area contributed by atoms with Gasteiger partial charge in [-0.05, 0) is 38.1 Å². The Balaban J connectivity index is 2.09. The van der Waals surface area contributed by atoms with Crippen LogP contribution in [0.4, 0.5) is 0 Å². The SMILES string of the molecule is CN(C)C(=O)c1nc2ccc(Cl)cn2c1CN1CCCC1. The normalized spacial score (nSPS) is 15.8. The average molecular weight is 307 g/mol. The molecule has 0 unspecified atom stereocenters. The molecule has 0 atom stereocenters. The van der Waals surface area contributed by atoms with E-state index in [1.807, 2.05) is 16.7 Å². The Labute approximate surface area is 129 Å². The molecule has 0 radical (unpaired) electrons. The summed E-state index contributed by atoms with van der Waals surface area (Å²) in [5.74, 6) is -0.0657. The standard InChI is InChI=1S/C15H19ClN4O/c1-18(2)15(21)14-12(10-19-7-3-4-8-19)20-9-11(16)5-6-13(20)17-14/h5-6,9H,3-4,7-8,10H2,1-2H3. The van der Waals surface area contributed by atoms with Crippen molar-refractivity contribution in [2.24, 2.45) is 0 Å². The van der Waals surface area contributed by atoms with Crippen molar-refractivity contribution in [3.8, 4) is 0 Å². The Morgan fingerprint density at radius 2 is 2.05 bits per heavy atom. The number of amides is 1. The molecule has 5 nitrogen and oxygen atoms in total. The van der Waals surface area contributed by atoms with Crippen molar-refractivity contribution in [2.75, 3.05) is 27.2 Å². The van der Waals surface area contributed by atoms with Gasteiger partial charge in [-0.2, -0.15) is 0 Å². The maximum Gasteiger partial charge on any atom is 0.273 e. The summed E-state index contributed by atoms with van der Waals surface area (Å²) in [7, 11) is 3.50. The Kier molecular flexibility index (Phi) is 3.87. The fraction of sp³-hybridized carbons (Fsp3) is 0.467. The maximum absolute atomic E-state index is 12.4. The Morgan fingerprint density at radius 3 is 2.71 bits per heavy atom. The van der Waals surface area contributed by atoms with Crippen LogP contribution in [0.3, 0.4) is 0 Å². The fourth-order valence-electron chi connectivity index (χ4n) is 2.75. The molecule has 0 saturated carbocycles. The predicted molar refractivity (Wildman–Crippen MR) is 82.7 cm³/mol. The highest BCUT2D eigenvalue weighted by atomic mass is 35.5. The number of imidazole rings is 1. The zero-order chi connectivity index (χ0) is 15.0. The first kappa shape index (κ1) is 14.4. The van der Waals surface area contributed by atoms with E-state index in [9.17, 15) is 4.79 Å². The number of nitrogens with zero attached hydrogens (tertiary/aromatic N) is 4. The minimum absolute atomic E-state index is 0.0657. The first-order valence-corrected chi connectivity index (χ1v) is 7.54. The second-order valence-corrected chi connectivity index (χ2v) is 6.10. The zero-order valence-corrected chi connectivity index (χ0v) is 13.1. The van der Waals surface area contributed by atoms with Crippen molar-refractivity contribution in [1.82, 2.24) is 19.2 Å². The number of halogens is 1. The summed E-state index contributed by atoms with van der Waals surface area (Å²) in [6, 6.07) is 3.65. The number of pyridine rings is 1. The number of fused-ring (bicyclic) bond motifs is 1. The lowest BCUT2D eigenvalue weighted by atomic mass is 10.2. The maximum atomic E-state index is 12.4. The highest BCUT2D eigenvalue weighted by Crippen LogP contribution is 2.21. The Morgan fingerprint density at radius 1 is 1.33 bits per heavy atom. The third-order valence-corrected chi connectivity index (χ3v) is 4.09. The van der Waals surface area contributed by atoms with E-state index in [0.29, 0.717) is 10.7 Å². The van der Waals surface area contributed by atoms with Crippen LogP contribution in [0.15, 0.2) is 18.3 Å². The van der Waals surface area contributed by atoms with Gasteiger partial charge in [-0.3, -0.25) is 9.69 Å². The third kappa shape index (κ3) is 2.76. The number of rotatable bonds is 3. The molecule has 112 valence electrons. The van der Waals surface area contributed by atoms with Gasteiger partial charge in [0.2, 0.25) is 0 Å². The highest BCUT2D eigenvalue weighted by Gasteiger charge is 2.23. The molecule has 1 amide bonds. The lowest BCUT2D eigenvalue weighted by Crippen LogP contribution is -2.26. The molecular formula is C15H19ClN4O. The van der Waals surface area contributed by atoms with Gasteiger partial charge >= 0.3 is 0 Å². The van der Waals surface area contributed by atoms with Gasteiger partial charge in [0, 0.05) is 26.8 Å². The largest absolute Gasteiger partial charge is 0.343 e. The second kappa shape index (κ2) is 5.66. The summed E-state index contributed by atoms with van der Waals surface area (Å²) in [4.78, 5) is 20.8. The van der Waals surface area contributed by atoms with Crippen molar-refractivity contribution < 1.29 is 4.79 Å². The monoisotopic (exact) mass is 306 g/mol. The van der Waals surface area contributed by atoms with E-state index in [4.69, 9.17) is 11.6 Å². The minimum Gasteiger partial charge on any atom is -0.343 e. The number of carbonyl (C=O) groups is 1. The Bertz CT molecular complexity index is 674. The third-order valence-electron chi connectivity index (χ3n) is 3.86. The number of carbonyl (C=O) groups excluding carboxylic acids is 1. The lowest BCUT2D eigenvalue weighted by Gasteiger charge is -2.16. The highest BCUT2D eigenvalue weighted by molar-refractivity contribution is 6.30. The first-order valence-electron chi connectivity index (χ1n) is 7.17. The van der Waals surface area contributed by atoms with Gasteiger partial charge < -0.3 is 9.30 Å². The summed E-state index contributed by atoms with van der Waals surface area (Å²) in [6.07, 6.45) is 4.27. The zero-order valence-electron chi connectivity index (χ0n) is 12.3.